The lowest BCUT2D eigenvalue weighted by Crippen LogP contribution is -2.49. The van der Waals surface area contributed by atoms with Crippen LogP contribution in [0, 0.1) is 22.7 Å². The molecule has 2 fully saturated rings. The highest BCUT2D eigenvalue weighted by Crippen LogP contribution is 2.50. The van der Waals surface area contributed by atoms with Crippen LogP contribution in [-0.2, 0) is 16.4 Å². The van der Waals surface area contributed by atoms with Crippen LogP contribution in [0.25, 0.3) is 22.2 Å². The van der Waals surface area contributed by atoms with E-state index in [0.717, 1.165) is 54.5 Å². The normalized spacial score (nSPS) is 16.5. The third-order valence-electron chi connectivity index (χ3n) is 8.08. The number of nitrogens with zero attached hydrogens (tertiary/aromatic N) is 7. The second-order valence-electron chi connectivity index (χ2n) is 12.0. The van der Waals surface area contributed by atoms with Crippen LogP contribution in [0.4, 0.5) is 17.3 Å². The van der Waals surface area contributed by atoms with Crippen molar-refractivity contribution in [1.82, 2.24) is 24.7 Å². The number of hydrogen-bond donors (Lipinski definition) is 1. The van der Waals surface area contributed by atoms with Crippen LogP contribution < -0.4 is 10.2 Å². The summed E-state index contributed by atoms with van der Waals surface area (Å²) in [6.45, 7) is 6.53. The fourth-order valence-electron chi connectivity index (χ4n) is 5.74. The van der Waals surface area contributed by atoms with Gasteiger partial charge >= 0.3 is 0 Å². The van der Waals surface area contributed by atoms with Gasteiger partial charge in [0.25, 0.3) is 0 Å². The van der Waals surface area contributed by atoms with Crippen LogP contribution in [-0.4, -0.2) is 58.2 Å². The van der Waals surface area contributed by atoms with Gasteiger partial charge in [-0.1, -0.05) is 19.9 Å². The molecule has 6 rings (SSSR count). The second-order valence-corrected chi connectivity index (χ2v) is 14.1. The molecule has 0 atom stereocenters. The summed E-state index contributed by atoms with van der Waals surface area (Å²) in [4.78, 5) is 16.1. The molecule has 11 heteroatoms. The van der Waals surface area contributed by atoms with E-state index in [1.807, 2.05) is 23.1 Å². The van der Waals surface area contributed by atoms with Gasteiger partial charge in [0.05, 0.1) is 23.6 Å². The van der Waals surface area contributed by atoms with Gasteiger partial charge in [0.1, 0.15) is 21.5 Å². The summed E-state index contributed by atoms with van der Waals surface area (Å²) < 4.78 is 25.3. The number of hydrogen-bond acceptors (Lipinski definition) is 9. The van der Waals surface area contributed by atoms with Gasteiger partial charge in [0.15, 0.2) is 5.82 Å². The van der Waals surface area contributed by atoms with Crippen molar-refractivity contribution in [2.45, 2.75) is 45.6 Å². The summed E-state index contributed by atoms with van der Waals surface area (Å²) in [5.74, 6) is 2.58. The molecule has 0 amide bonds. The largest absolute Gasteiger partial charge is 0.370 e. The smallest absolute Gasteiger partial charge is 0.164 e. The van der Waals surface area contributed by atoms with Crippen molar-refractivity contribution in [3.8, 4) is 17.5 Å². The first-order valence-corrected chi connectivity index (χ1v) is 16.0. The SMILES string of the molecule is CC(C)c1ccc(N2CC(CS(C)(=O)=O)C2)c2cnc(Nc3ccnc(-c4cnn(CC5(CC#N)CC5)c4)n3)cc12. The molecular weight excluding hydrogens is 536 g/mol. The molecule has 0 bridgehead atoms. The summed E-state index contributed by atoms with van der Waals surface area (Å²) in [5, 5.41) is 19.1. The van der Waals surface area contributed by atoms with E-state index in [1.165, 1.54) is 11.8 Å². The van der Waals surface area contributed by atoms with Crippen LogP contribution >= 0.6 is 0 Å². The Hall–Kier alpha value is -4.04. The maximum absolute atomic E-state index is 11.7. The molecule has 1 aromatic carbocycles. The van der Waals surface area contributed by atoms with E-state index in [2.05, 4.69) is 58.4 Å². The zero-order valence-corrected chi connectivity index (χ0v) is 24.4. The van der Waals surface area contributed by atoms with E-state index in [4.69, 9.17) is 15.2 Å². The number of fused-ring (bicyclic) bond motifs is 1. The Morgan fingerprint density at radius 2 is 1.93 bits per heavy atom. The standard InChI is InChI=1S/C30H34N8O2S/c1-20(2)23-4-5-26(37-15-21(16-37)18-41(3,39)40)25-14-33-28(12-24(23)25)35-27-6-11-32-29(36-27)22-13-34-38(17-22)19-30(7-8-30)9-10-31/h4-6,11-14,17,20-21H,7-9,15-16,18-19H2,1-3H3,(H,32,33,35,36). The Morgan fingerprint density at radius 1 is 1.12 bits per heavy atom. The highest BCUT2D eigenvalue weighted by molar-refractivity contribution is 7.90. The highest BCUT2D eigenvalue weighted by atomic mass is 32.2. The van der Waals surface area contributed by atoms with Crippen molar-refractivity contribution < 1.29 is 8.42 Å². The van der Waals surface area contributed by atoms with Gasteiger partial charge in [-0.3, -0.25) is 4.68 Å². The van der Waals surface area contributed by atoms with Gasteiger partial charge in [-0.2, -0.15) is 10.4 Å². The van der Waals surface area contributed by atoms with Gasteiger partial charge in [-0.25, -0.2) is 23.4 Å². The van der Waals surface area contributed by atoms with Crippen LogP contribution in [0.15, 0.2) is 49.1 Å². The quantitative estimate of drug-likeness (QED) is 0.282. The molecule has 212 valence electrons. The predicted octanol–water partition coefficient (Wildman–Crippen LogP) is 4.93. The molecule has 10 nitrogen and oxygen atoms in total. The summed E-state index contributed by atoms with van der Waals surface area (Å²) in [6, 6.07) is 10.5. The lowest BCUT2D eigenvalue weighted by molar-refractivity contribution is 0.404. The Kier molecular flexibility index (Phi) is 6.90. The minimum atomic E-state index is -2.99. The molecule has 4 aromatic rings. The van der Waals surface area contributed by atoms with E-state index in [-0.39, 0.29) is 17.1 Å². The van der Waals surface area contributed by atoms with Crippen molar-refractivity contribution in [3.63, 3.8) is 0 Å². The van der Waals surface area contributed by atoms with E-state index in [0.29, 0.717) is 29.8 Å². The molecule has 2 aliphatic rings. The summed E-state index contributed by atoms with van der Waals surface area (Å²) in [6.07, 6.45) is 11.3. The van der Waals surface area contributed by atoms with Gasteiger partial charge in [-0.05, 0) is 47.9 Å². The molecule has 41 heavy (non-hydrogen) atoms. The van der Waals surface area contributed by atoms with Gasteiger partial charge in [-0.15, -0.1) is 0 Å². The van der Waals surface area contributed by atoms with Gasteiger partial charge < -0.3 is 10.2 Å². The lowest BCUT2D eigenvalue weighted by atomic mass is 9.93. The van der Waals surface area contributed by atoms with Crippen molar-refractivity contribution in [2.75, 3.05) is 35.3 Å². The van der Waals surface area contributed by atoms with Crippen LogP contribution in [0.5, 0.6) is 0 Å². The number of nitriles is 1. The Bertz CT molecular complexity index is 1750. The van der Waals surface area contributed by atoms with E-state index < -0.39 is 9.84 Å². The van der Waals surface area contributed by atoms with E-state index >= 15 is 0 Å². The molecule has 4 heterocycles. The van der Waals surface area contributed by atoms with Gasteiger partial charge in [0.2, 0.25) is 0 Å². The van der Waals surface area contributed by atoms with Crippen molar-refractivity contribution in [3.05, 3.63) is 54.6 Å². The Labute approximate surface area is 240 Å². The molecule has 1 saturated carbocycles. The average molecular weight is 571 g/mol. The molecule has 1 aliphatic carbocycles. The number of sulfone groups is 1. The molecule has 0 radical (unpaired) electrons. The van der Waals surface area contributed by atoms with Crippen molar-refractivity contribution in [1.29, 1.82) is 5.26 Å². The number of pyridine rings is 1. The minimum absolute atomic E-state index is 0.0618. The minimum Gasteiger partial charge on any atom is -0.370 e. The third-order valence-corrected chi connectivity index (χ3v) is 9.16. The molecule has 1 saturated heterocycles. The molecule has 1 aliphatic heterocycles. The average Bonchev–Trinajstić information content (AvgIpc) is 3.49. The molecule has 0 unspecified atom stereocenters. The van der Waals surface area contributed by atoms with Crippen molar-refractivity contribution >= 4 is 37.9 Å². The molecule has 0 spiro atoms. The Morgan fingerprint density at radius 3 is 2.63 bits per heavy atom. The predicted molar refractivity (Wildman–Crippen MR) is 160 cm³/mol. The first-order chi connectivity index (χ1) is 19.6. The number of nitrogens with one attached hydrogen (secondary N) is 1. The fraction of sp³-hybridized carbons (Fsp3) is 0.433. The number of anilines is 3. The topological polar surface area (TPSA) is 130 Å². The van der Waals surface area contributed by atoms with Crippen LogP contribution in [0.2, 0.25) is 0 Å². The second kappa shape index (κ2) is 10.4. The van der Waals surface area contributed by atoms with E-state index in [9.17, 15) is 8.42 Å². The number of rotatable bonds is 10. The zero-order chi connectivity index (χ0) is 28.8. The Balaban J connectivity index is 1.22. The lowest BCUT2D eigenvalue weighted by Gasteiger charge is -2.41. The molecule has 3 aromatic heterocycles. The van der Waals surface area contributed by atoms with Gasteiger partial charge in [0, 0.05) is 73.3 Å². The van der Waals surface area contributed by atoms with E-state index in [1.54, 1.807) is 12.4 Å². The first kappa shape index (κ1) is 27.1. The zero-order valence-electron chi connectivity index (χ0n) is 23.6. The first-order valence-electron chi connectivity index (χ1n) is 14.0. The maximum atomic E-state index is 11.7. The number of aromatic nitrogens is 5. The summed E-state index contributed by atoms with van der Waals surface area (Å²) in [7, 11) is -2.99. The van der Waals surface area contributed by atoms with Crippen LogP contribution in [0.1, 0.15) is 44.6 Å². The fourth-order valence-corrected chi connectivity index (χ4v) is 6.80. The van der Waals surface area contributed by atoms with Crippen molar-refractivity contribution in [2.24, 2.45) is 11.3 Å². The summed E-state index contributed by atoms with van der Waals surface area (Å²) in [5.41, 5.74) is 3.19. The summed E-state index contributed by atoms with van der Waals surface area (Å²) >= 11 is 0. The molecular formula is C30H34N8O2S. The maximum Gasteiger partial charge on any atom is 0.164 e. The third kappa shape index (κ3) is 5.88. The number of benzene rings is 1. The highest BCUT2D eigenvalue weighted by Gasteiger charge is 2.43. The molecule has 1 N–H and O–H groups in total. The van der Waals surface area contributed by atoms with Crippen LogP contribution in [0.3, 0.4) is 0 Å². The monoisotopic (exact) mass is 570 g/mol.